The molecule has 0 unspecified atom stereocenters. The van der Waals surface area contributed by atoms with Gasteiger partial charge in [-0.2, -0.15) is 0 Å². The van der Waals surface area contributed by atoms with Crippen LogP contribution in [0.1, 0.15) is 22.5 Å². The monoisotopic (exact) mass is 272 g/mol. The molecule has 3 rings (SSSR count). The van der Waals surface area contributed by atoms with Crippen LogP contribution in [-0.4, -0.2) is 40.1 Å². The van der Waals surface area contributed by atoms with E-state index < -0.39 is 6.10 Å². The van der Waals surface area contributed by atoms with Gasteiger partial charge in [0.15, 0.2) is 17.8 Å². The predicted molar refractivity (Wildman–Crippen MR) is 73.2 cm³/mol. The van der Waals surface area contributed by atoms with Gasteiger partial charge in [-0.15, -0.1) is 0 Å². The predicted octanol–water partition coefficient (Wildman–Crippen LogP) is 1.86. The summed E-state index contributed by atoms with van der Waals surface area (Å²) in [7, 11) is 0. The normalized spacial score (nSPS) is 18.5. The third kappa shape index (κ3) is 2.32. The molecule has 1 amide bonds. The van der Waals surface area contributed by atoms with Crippen LogP contribution in [0.25, 0.3) is 11.3 Å². The quantitative estimate of drug-likeness (QED) is 0.906. The van der Waals surface area contributed by atoms with Gasteiger partial charge in [0, 0.05) is 18.7 Å². The highest BCUT2D eigenvalue weighted by atomic mass is 16.3. The van der Waals surface area contributed by atoms with Crippen LogP contribution in [0.2, 0.25) is 0 Å². The number of rotatable bonds is 2. The number of benzene rings is 1. The third-order valence-electron chi connectivity index (χ3n) is 3.53. The average Bonchev–Trinajstić information content (AvgIpc) is 3.07. The second-order valence-corrected chi connectivity index (χ2v) is 5.09. The lowest BCUT2D eigenvalue weighted by atomic mass is 10.1. The third-order valence-corrected chi connectivity index (χ3v) is 3.53. The average molecular weight is 272 g/mol. The Morgan fingerprint density at radius 1 is 1.40 bits per heavy atom. The Balaban J connectivity index is 1.90. The first-order chi connectivity index (χ1) is 9.65. The van der Waals surface area contributed by atoms with Crippen molar-refractivity contribution < 1.29 is 14.3 Å². The van der Waals surface area contributed by atoms with E-state index in [0.717, 1.165) is 11.1 Å². The Morgan fingerprint density at radius 2 is 2.15 bits per heavy atom. The van der Waals surface area contributed by atoms with Crippen LogP contribution in [-0.2, 0) is 0 Å². The lowest BCUT2D eigenvalue weighted by molar-refractivity contribution is 0.0760. The van der Waals surface area contributed by atoms with Gasteiger partial charge in [0.1, 0.15) is 0 Å². The second-order valence-electron chi connectivity index (χ2n) is 5.09. The zero-order chi connectivity index (χ0) is 14.1. The molecule has 1 saturated heterocycles. The number of β-amino-alcohol motifs (C(OH)–C–C–N with tert-alkyl or cyclic N) is 1. The summed E-state index contributed by atoms with van der Waals surface area (Å²) in [6, 6.07) is 7.74. The van der Waals surface area contributed by atoms with Gasteiger partial charge in [-0.3, -0.25) is 4.79 Å². The molecule has 5 nitrogen and oxygen atoms in total. The van der Waals surface area contributed by atoms with Crippen LogP contribution in [0.15, 0.2) is 35.1 Å². The molecule has 0 saturated carbocycles. The highest BCUT2D eigenvalue weighted by molar-refractivity contribution is 5.97. The Labute approximate surface area is 116 Å². The van der Waals surface area contributed by atoms with Crippen LogP contribution in [0.4, 0.5) is 0 Å². The number of carbonyl (C=O) groups is 1. The van der Waals surface area contributed by atoms with Crippen molar-refractivity contribution >= 4 is 5.91 Å². The Bertz CT molecular complexity index is 618. The van der Waals surface area contributed by atoms with Crippen molar-refractivity contribution in [2.45, 2.75) is 19.4 Å². The minimum absolute atomic E-state index is 0.189. The van der Waals surface area contributed by atoms with Gasteiger partial charge in [-0.25, -0.2) is 4.98 Å². The molecule has 20 heavy (non-hydrogen) atoms. The van der Waals surface area contributed by atoms with Crippen molar-refractivity contribution in [1.29, 1.82) is 0 Å². The number of likely N-dealkylation sites (tertiary alicyclic amines) is 1. The molecule has 1 aromatic carbocycles. The number of nitrogens with zero attached hydrogens (tertiary/aromatic N) is 2. The van der Waals surface area contributed by atoms with E-state index in [0.29, 0.717) is 31.0 Å². The standard InChI is InChI=1S/C15H16N2O3/c1-10-2-4-11(5-3-10)14-13(16-9-20-14)15(19)17-7-6-12(18)8-17/h2-5,9,12,18H,6-8H2,1H3/t12-/m1/s1. The van der Waals surface area contributed by atoms with Crippen molar-refractivity contribution in [3.05, 3.63) is 41.9 Å². The molecule has 2 heterocycles. The van der Waals surface area contributed by atoms with Gasteiger partial charge in [0.2, 0.25) is 0 Å². The van der Waals surface area contributed by atoms with Gasteiger partial charge < -0.3 is 14.4 Å². The summed E-state index contributed by atoms with van der Waals surface area (Å²) in [5.41, 5.74) is 2.28. The molecule has 1 aromatic heterocycles. The van der Waals surface area contributed by atoms with E-state index in [1.54, 1.807) is 4.90 Å². The zero-order valence-electron chi connectivity index (χ0n) is 11.2. The largest absolute Gasteiger partial charge is 0.443 e. The minimum atomic E-state index is -0.436. The number of aliphatic hydroxyl groups excluding tert-OH is 1. The van der Waals surface area contributed by atoms with Crippen LogP contribution >= 0.6 is 0 Å². The number of aliphatic hydroxyl groups is 1. The smallest absolute Gasteiger partial charge is 0.276 e. The van der Waals surface area contributed by atoms with Crippen molar-refractivity contribution in [3.63, 3.8) is 0 Å². The van der Waals surface area contributed by atoms with E-state index in [1.165, 1.54) is 6.39 Å². The molecule has 5 heteroatoms. The highest BCUT2D eigenvalue weighted by Gasteiger charge is 2.29. The highest BCUT2D eigenvalue weighted by Crippen LogP contribution is 2.25. The van der Waals surface area contributed by atoms with Gasteiger partial charge in [0.25, 0.3) is 5.91 Å². The van der Waals surface area contributed by atoms with E-state index in [4.69, 9.17) is 4.42 Å². The van der Waals surface area contributed by atoms with Crippen molar-refractivity contribution in [1.82, 2.24) is 9.88 Å². The maximum atomic E-state index is 12.4. The van der Waals surface area contributed by atoms with Crippen LogP contribution in [0.3, 0.4) is 0 Å². The number of carbonyl (C=O) groups excluding carboxylic acids is 1. The molecule has 0 bridgehead atoms. The molecule has 1 atom stereocenters. The number of hydrogen-bond acceptors (Lipinski definition) is 4. The summed E-state index contributed by atoms with van der Waals surface area (Å²) in [6.07, 6.45) is 1.46. The molecule has 2 aromatic rings. The zero-order valence-corrected chi connectivity index (χ0v) is 11.2. The number of hydrogen-bond donors (Lipinski definition) is 1. The second kappa shape index (κ2) is 5.09. The van der Waals surface area contributed by atoms with Crippen LogP contribution in [0, 0.1) is 6.92 Å². The first-order valence-corrected chi connectivity index (χ1v) is 6.63. The fourth-order valence-corrected chi connectivity index (χ4v) is 2.38. The Kier molecular flexibility index (Phi) is 3.28. The number of oxazole rings is 1. The Hall–Kier alpha value is -2.14. The van der Waals surface area contributed by atoms with E-state index in [9.17, 15) is 9.90 Å². The number of aryl methyl sites for hydroxylation is 1. The summed E-state index contributed by atoms with van der Waals surface area (Å²) in [6.45, 7) is 2.92. The summed E-state index contributed by atoms with van der Waals surface area (Å²) in [4.78, 5) is 18.1. The summed E-state index contributed by atoms with van der Waals surface area (Å²) < 4.78 is 5.38. The van der Waals surface area contributed by atoms with Crippen LogP contribution < -0.4 is 0 Å². The molecular weight excluding hydrogens is 256 g/mol. The van der Waals surface area contributed by atoms with E-state index in [1.807, 2.05) is 31.2 Å². The first kappa shape index (κ1) is 12.9. The van der Waals surface area contributed by atoms with Crippen molar-refractivity contribution in [2.75, 3.05) is 13.1 Å². The fourth-order valence-electron chi connectivity index (χ4n) is 2.38. The van der Waals surface area contributed by atoms with Gasteiger partial charge >= 0.3 is 0 Å². The Morgan fingerprint density at radius 3 is 2.80 bits per heavy atom. The molecule has 0 aliphatic carbocycles. The van der Waals surface area contributed by atoms with Crippen LogP contribution in [0.5, 0.6) is 0 Å². The molecular formula is C15H16N2O3. The SMILES string of the molecule is Cc1ccc(-c2ocnc2C(=O)N2CC[C@@H](O)C2)cc1. The lowest BCUT2D eigenvalue weighted by Gasteiger charge is -2.14. The fraction of sp³-hybridized carbons (Fsp3) is 0.333. The van der Waals surface area contributed by atoms with Gasteiger partial charge in [-0.05, 0) is 13.3 Å². The van der Waals surface area contributed by atoms with Gasteiger partial charge in [0.05, 0.1) is 6.10 Å². The summed E-state index contributed by atoms with van der Waals surface area (Å²) in [5.74, 6) is 0.294. The van der Waals surface area contributed by atoms with E-state index in [-0.39, 0.29) is 5.91 Å². The summed E-state index contributed by atoms with van der Waals surface area (Å²) in [5, 5.41) is 9.53. The molecule has 1 N–H and O–H groups in total. The molecule has 0 spiro atoms. The number of aromatic nitrogens is 1. The molecule has 0 radical (unpaired) electrons. The molecule has 1 aliphatic rings. The summed E-state index contributed by atoms with van der Waals surface area (Å²) >= 11 is 0. The topological polar surface area (TPSA) is 66.6 Å². The number of amides is 1. The molecule has 1 aliphatic heterocycles. The lowest BCUT2D eigenvalue weighted by Crippen LogP contribution is -2.30. The first-order valence-electron chi connectivity index (χ1n) is 6.63. The maximum Gasteiger partial charge on any atom is 0.276 e. The maximum absolute atomic E-state index is 12.4. The molecule has 1 fully saturated rings. The van der Waals surface area contributed by atoms with E-state index in [2.05, 4.69) is 4.98 Å². The van der Waals surface area contributed by atoms with E-state index >= 15 is 0 Å². The van der Waals surface area contributed by atoms with Gasteiger partial charge in [-0.1, -0.05) is 29.8 Å². The minimum Gasteiger partial charge on any atom is -0.443 e. The van der Waals surface area contributed by atoms with Crippen molar-refractivity contribution in [3.8, 4) is 11.3 Å². The molecule has 104 valence electrons. The van der Waals surface area contributed by atoms with Crippen molar-refractivity contribution in [2.24, 2.45) is 0 Å².